The summed E-state index contributed by atoms with van der Waals surface area (Å²) in [5.74, 6) is 2.51. The average molecular weight is 561 g/mol. The minimum atomic E-state index is 0.0316. The second-order valence-electron chi connectivity index (χ2n) is 13.1. The monoisotopic (exact) mass is 560 g/mol. The zero-order chi connectivity index (χ0) is 29.1. The van der Waals surface area contributed by atoms with Crippen LogP contribution in [0.2, 0.25) is 0 Å². The molecule has 0 aromatic carbocycles. The molecule has 1 aliphatic carbocycles. The number of likely N-dealkylation sites (tertiary alicyclic amines) is 1. The summed E-state index contributed by atoms with van der Waals surface area (Å²) in [4.78, 5) is 23.6. The number of carbonyl (C=O) groups excluding carboxylic acids is 1. The minimum Gasteiger partial charge on any atom is -0.355 e. The third-order valence-electron chi connectivity index (χ3n) is 10.0. The predicted octanol–water partition coefficient (Wildman–Crippen LogP) is 6.76. The van der Waals surface area contributed by atoms with E-state index in [1.165, 1.54) is 17.6 Å². The molecule has 3 fully saturated rings. The standard InChI is InChI=1S/C34H52N6O/c1-6-23(3)17-27(7-2)24(4)18-26-11-10-12-28(19-26)34(41)39-15-9-8-13-31(39)30-20-32-36-33(25(5)21-40(32)37-30)38-16-14-29(35)22-38/h18,20-21,26-29,31H,3,6-17,19,22,35H2,1-2,4-5H3/b24-18+. The summed E-state index contributed by atoms with van der Waals surface area (Å²) < 4.78 is 1.91. The molecule has 2 aromatic rings. The SMILES string of the molecule is C=C(CC)CC(CC)/C(C)=C/C1CCCC(C(=O)N2CCCCC2c2cc3nc(N4CCC(N)C4)c(C)cn3n2)C1. The van der Waals surface area contributed by atoms with Gasteiger partial charge in [0.25, 0.3) is 0 Å². The maximum absolute atomic E-state index is 14.1. The van der Waals surface area contributed by atoms with Crippen molar-refractivity contribution in [2.45, 2.75) is 110 Å². The molecule has 41 heavy (non-hydrogen) atoms. The Morgan fingerprint density at radius 1 is 1.17 bits per heavy atom. The second kappa shape index (κ2) is 13.1. The van der Waals surface area contributed by atoms with Crippen LogP contribution < -0.4 is 10.6 Å². The summed E-state index contributed by atoms with van der Waals surface area (Å²) in [6, 6.07) is 2.35. The highest BCUT2D eigenvalue weighted by atomic mass is 16.2. The Kier molecular flexibility index (Phi) is 9.52. The molecule has 4 heterocycles. The largest absolute Gasteiger partial charge is 0.355 e. The van der Waals surface area contributed by atoms with Crippen LogP contribution in [0.5, 0.6) is 0 Å². The number of fused-ring (bicyclic) bond motifs is 1. The van der Waals surface area contributed by atoms with Crippen molar-refractivity contribution in [3.63, 3.8) is 0 Å². The molecular formula is C34H52N6O. The second-order valence-corrected chi connectivity index (χ2v) is 13.1. The summed E-state index contributed by atoms with van der Waals surface area (Å²) in [6.07, 6.45) is 16.3. The van der Waals surface area contributed by atoms with Crippen molar-refractivity contribution in [1.82, 2.24) is 19.5 Å². The van der Waals surface area contributed by atoms with E-state index in [-0.39, 0.29) is 18.0 Å². The van der Waals surface area contributed by atoms with Gasteiger partial charge in [-0.2, -0.15) is 5.10 Å². The van der Waals surface area contributed by atoms with E-state index < -0.39 is 0 Å². The molecule has 5 unspecified atom stereocenters. The lowest BCUT2D eigenvalue weighted by Crippen LogP contribution is -2.43. The van der Waals surface area contributed by atoms with E-state index in [9.17, 15) is 4.79 Å². The van der Waals surface area contributed by atoms with Gasteiger partial charge in [-0.3, -0.25) is 4.79 Å². The van der Waals surface area contributed by atoms with Gasteiger partial charge in [0.2, 0.25) is 5.91 Å². The van der Waals surface area contributed by atoms with E-state index in [1.807, 2.05) is 4.52 Å². The number of nitrogens with zero attached hydrogens (tertiary/aromatic N) is 5. The lowest BCUT2D eigenvalue weighted by molar-refractivity contribution is -0.141. The van der Waals surface area contributed by atoms with Crippen LogP contribution in [0.1, 0.15) is 109 Å². The van der Waals surface area contributed by atoms with Gasteiger partial charge < -0.3 is 15.5 Å². The molecule has 0 spiro atoms. The zero-order valence-corrected chi connectivity index (χ0v) is 25.9. The van der Waals surface area contributed by atoms with Crippen molar-refractivity contribution in [1.29, 1.82) is 0 Å². The molecule has 0 bridgehead atoms. The van der Waals surface area contributed by atoms with Crippen molar-refractivity contribution < 1.29 is 4.79 Å². The number of piperidine rings is 1. The Morgan fingerprint density at radius 2 is 2.00 bits per heavy atom. The van der Waals surface area contributed by atoms with Gasteiger partial charge in [-0.05, 0) is 89.9 Å². The van der Waals surface area contributed by atoms with Crippen molar-refractivity contribution in [3.8, 4) is 0 Å². The first-order valence-corrected chi connectivity index (χ1v) is 16.3. The number of rotatable bonds is 9. The van der Waals surface area contributed by atoms with Crippen LogP contribution in [0, 0.1) is 24.7 Å². The van der Waals surface area contributed by atoms with E-state index >= 15 is 0 Å². The molecule has 0 radical (unpaired) electrons. The van der Waals surface area contributed by atoms with Gasteiger partial charge in [0.05, 0.1) is 11.7 Å². The normalized spacial score (nSPS) is 26.5. The molecule has 7 heteroatoms. The maximum atomic E-state index is 14.1. The number of hydrogen-bond acceptors (Lipinski definition) is 5. The number of carbonyl (C=O) groups is 1. The number of anilines is 1. The van der Waals surface area contributed by atoms with Gasteiger partial charge in [0.15, 0.2) is 5.65 Å². The van der Waals surface area contributed by atoms with E-state index in [0.29, 0.717) is 17.7 Å². The van der Waals surface area contributed by atoms with Gasteiger partial charge in [-0.1, -0.05) is 44.1 Å². The highest BCUT2D eigenvalue weighted by Crippen LogP contribution is 2.38. The number of aromatic nitrogens is 3. The molecule has 1 amide bonds. The van der Waals surface area contributed by atoms with Crippen LogP contribution in [0.3, 0.4) is 0 Å². The molecule has 2 saturated heterocycles. The van der Waals surface area contributed by atoms with Crippen molar-refractivity contribution in [3.05, 3.63) is 47.3 Å². The number of hydrogen-bond donors (Lipinski definition) is 1. The van der Waals surface area contributed by atoms with Crippen LogP contribution in [0.25, 0.3) is 5.65 Å². The average Bonchev–Trinajstić information content (AvgIpc) is 3.60. The zero-order valence-electron chi connectivity index (χ0n) is 25.9. The van der Waals surface area contributed by atoms with Gasteiger partial charge >= 0.3 is 0 Å². The van der Waals surface area contributed by atoms with Crippen molar-refractivity contribution in [2.75, 3.05) is 24.5 Å². The van der Waals surface area contributed by atoms with E-state index in [2.05, 4.69) is 62.4 Å². The fourth-order valence-electron chi connectivity index (χ4n) is 7.45. The lowest BCUT2D eigenvalue weighted by Gasteiger charge is -2.39. The molecule has 224 valence electrons. The maximum Gasteiger partial charge on any atom is 0.226 e. The molecule has 5 rings (SSSR count). The smallest absolute Gasteiger partial charge is 0.226 e. The first kappa shape index (κ1) is 29.8. The first-order chi connectivity index (χ1) is 19.8. The summed E-state index contributed by atoms with van der Waals surface area (Å²) >= 11 is 0. The number of nitrogens with two attached hydrogens (primary N) is 1. The Balaban J connectivity index is 1.31. The molecule has 2 aromatic heterocycles. The van der Waals surface area contributed by atoms with Crippen molar-refractivity contribution >= 4 is 17.4 Å². The number of aryl methyl sites for hydroxylation is 1. The summed E-state index contributed by atoms with van der Waals surface area (Å²) in [6.45, 7) is 15.8. The van der Waals surface area contributed by atoms with Gasteiger partial charge in [-0.15, -0.1) is 0 Å². The molecular weight excluding hydrogens is 508 g/mol. The third-order valence-corrected chi connectivity index (χ3v) is 10.0. The highest BCUT2D eigenvalue weighted by Gasteiger charge is 2.36. The summed E-state index contributed by atoms with van der Waals surface area (Å²) in [5, 5.41) is 4.97. The number of allylic oxidation sites excluding steroid dienone is 3. The van der Waals surface area contributed by atoms with Crippen LogP contribution in [-0.4, -0.2) is 51.1 Å². The summed E-state index contributed by atoms with van der Waals surface area (Å²) in [7, 11) is 0. The fourth-order valence-corrected chi connectivity index (χ4v) is 7.45. The van der Waals surface area contributed by atoms with E-state index in [0.717, 1.165) is 107 Å². The molecule has 1 saturated carbocycles. The predicted molar refractivity (Wildman–Crippen MR) is 168 cm³/mol. The van der Waals surface area contributed by atoms with Gasteiger partial charge in [-0.25, -0.2) is 9.50 Å². The summed E-state index contributed by atoms with van der Waals surface area (Å²) in [5.41, 5.74) is 11.9. The molecule has 2 aliphatic heterocycles. The Hall–Kier alpha value is -2.67. The molecule has 2 N–H and O–H groups in total. The van der Waals surface area contributed by atoms with Crippen LogP contribution in [0.4, 0.5) is 5.82 Å². The molecule has 5 atom stereocenters. The highest BCUT2D eigenvalue weighted by molar-refractivity contribution is 5.79. The topological polar surface area (TPSA) is 79.8 Å². The third kappa shape index (κ3) is 6.71. The van der Waals surface area contributed by atoms with Crippen LogP contribution in [-0.2, 0) is 4.79 Å². The van der Waals surface area contributed by atoms with Gasteiger partial charge in [0.1, 0.15) is 5.82 Å². The van der Waals surface area contributed by atoms with Gasteiger partial charge in [0, 0.05) is 49.4 Å². The molecule has 7 nitrogen and oxygen atoms in total. The Bertz CT molecular complexity index is 1260. The molecule has 3 aliphatic rings. The minimum absolute atomic E-state index is 0.0316. The van der Waals surface area contributed by atoms with Crippen LogP contribution in [0.15, 0.2) is 36.1 Å². The fraction of sp³-hybridized carbons (Fsp3) is 0.676. The van der Waals surface area contributed by atoms with Crippen LogP contribution >= 0.6 is 0 Å². The Morgan fingerprint density at radius 3 is 2.73 bits per heavy atom. The first-order valence-electron chi connectivity index (χ1n) is 16.3. The Labute approximate surface area is 247 Å². The quantitative estimate of drug-likeness (QED) is 0.343. The van der Waals surface area contributed by atoms with E-state index in [1.54, 1.807) is 0 Å². The number of amides is 1. The van der Waals surface area contributed by atoms with Crippen molar-refractivity contribution in [2.24, 2.45) is 23.5 Å². The lowest BCUT2D eigenvalue weighted by atomic mass is 9.78. The van der Waals surface area contributed by atoms with E-state index in [4.69, 9.17) is 15.8 Å².